The number of carbonyl (C=O) groups is 1. The van der Waals surface area contributed by atoms with Crippen LogP contribution in [0.1, 0.15) is 32.6 Å². The van der Waals surface area contributed by atoms with Gasteiger partial charge in [-0.1, -0.05) is 22.9 Å². The van der Waals surface area contributed by atoms with Crippen LogP contribution in [0.5, 0.6) is 0 Å². The Morgan fingerprint density at radius 2 is 1.76 bits per heavy atom. The fourth-order valence-electron chi connectivity index (χ4n) is 3.77. The molecule has 5 nitrogen and oxygen atoms in total. The molecule has 25 heavy (non-hydrogen) atoms. The average Bonchev–Trinajstić information content (AvgIpc) is 2.61. The summed E-state index contributed by atoms with van der Waals surface area (Å²) in [4.78, 5) is 15.1. The van der Waals surface area contributed by atoms with Gasteiger partial charge in [0.05, 0.1) is 10.8 Å². The first-order chi connectivity index (χ1) is 11.9. The number of hydrogen-bond acceptors (Lipinski definition) is 3. The SMILES string of the molecule is CC1CCCN(C(=O)C2CCCN(S(=O)(=O)c3ccc(Br)cc3)C2)C1. The van der Waals surface area contributed by atoms with Crippen LogP contribution in [-0.4, -0.2) is 49.7 Å². The van der Waals surface area contributed by atoms with Gasteiger partial charge in [-0.05, 0) is 55.9 Å². The summed E-state index contributed by atoms with van der Waals surface area (Å²) in [7, 11) is -3.54. The van der Waals surface area contributed by atoms with E-state index in [1.54, 1.807) is 24.3 Å². The first kappa shape index (κ1) is 18.9. The van der Waals surface area contributed by atoms with E-state index in [2.05, 4.69) is 22.9 Å². The molecule has 0 radical (unpaired) electrons. The summed E-state index contributed by atoms with van der Waals surface area (Å²) < 4.78 is 28.1. The topological polar surface area (TPSA) is 57.7 Å². The van der Waals surface area contributed by atoms with E-state index >= 15 is 0 Å². The number of sulfonamides is 1. The molecule has 2 atom stereocenters. The molecule has 2 aliphatic rings. The van der Waals surface area contributed by atoms with Gasteiger partial charge in [-0.25, -0.2) is 8.42 Å². The van der Waals surface area contributed by atoms with Gasteiger partial charge in [-0.2, -0.15) is 4.31 Å². The highest BCUT2D eigenvalue weighted by Crippen LogP contribution is 2.27. The largest absolute Gasteiger partial charge is 0.342 e. The van der Waals surface area contributed by atoms with Crippen molar-refractivity contribution in [1.29, 1.82) is 0 Å². The van der Waals surface area contributed by atoms with Crippen molar-refractivity contribution in [3.63, 3.8) is 0 Å². The summed E-state index contributed by atoms with van der Waals surface area (Å²) in [6, 6.07) is 6.68. The molecule has 0 spiro atoms. The molecule has 0 bridgehead atoms. The Bertz CT molecular complexity index is 720. The van der Waals surface area contributed by atoms with Crippen LogP contribution < -0.4 is 0 Å². The molecule has 3 rings (SSSR count). The van der Waals surface area contributed by atoms with Crippen LogP contribution in [0.25, 0.3) is 0 Å². The minimum Gasteiger partial charge on any atom is -0.342 e. The summed E-state index contributed by atoms with van der Waals surface area (Å²) in [6.07, 6.45) is 3.71. The fourth-order valence-corrected chi connectivity index (χ4v) is 5.55. The van der Waals surface area contributed by atoms with E-state index in [9.17, 15) is 13.2 Å². The van der Waals surface area contributed by atoms with Crippen LogP contribution in [0.4, 0.5) is 0 Å². The Kier molecular flexibility index (Phi) is 5.85. The van der Waals surface area contributed by atoms with Crippen LogP contribution in [0.2, 0.25) is 0 Å². The first-order valence-corrected chi connectivity index (χ1v) is 11.2. The van der Waals surface area contributed by atoms with Crippen LogP contribution in [0.3, 0.4) is 0 Å². The molecule has 0 aromatic heterocycles. The molecule has 2 aliphatic heterocycles. The Hall–Kier alpha value is -0.920. The maximum Gasteiger partial charge on any atom is 0.243 e. The Labute approximate surface area is 158 Å². The predicted octanol–water partition coefficient (Wildman–Crippen LogP) is 3.11. The number of carbonyl (C=O) groups excluding carboxylic acids is 1. The number of likely N-dealkylation sites (tertiary alicyclic amines) is 1. The summed E-state index contributed by atoms with van der Waals surface area (Å²) in [5.74, 6) is 0.440. The number of halogens is 1. The number of rotatable bonds is 3. The quantitative estimate of drug-likeness (QED) is 0.742. The van der Waals surface area contributed by atoms with E-state index in [0.29, 0.717) is 19.0 Å². The van der Waals surface area contributed by atoms with Crippen molar-refractivity contribution < 1.29 is 13.2 Å². The second kappa shape index (κ2) is 7.76. The Morgan fingerprint density at radius 3 is 2.44 bits per heavy atom. The van der Waals surface area contributed by atoms with Crippen LogP contribution in [0.15, 0.2) is 33.6 Å². The molecular weight excluding hydrogens is 404 g/mol. The minimum absolute atomic E-state index is 0.127. The van der Waals surface area contributed by atoms with Gasteiger partial charge >= 0.3 is 0 Å². The zero-order valence-corrected chi connectivity index (χ0v) is 16.9. The fraction of sp³-hybridized carbons (Fsp3) is 0.611. The second-order valence-electron chi connectivity index (χ2n) is 7.19. The number of amides is 1. The van der Waals surface area contributed by atoms with Gasteiger partial charge in [0.25, 0.3) is 0 Å². The van der Waals surface area contributed by atoms with Crippen molar-refractivity contribution in [2.45, 2.75) is 37.5 Å². The molecule has 7 heteroatoms. The number of benzene rings is 1. The number of hydrogen-bond donors (Lipinski definition) is 0. The zero-order valence-electron chi connectivity index (χ0n) is 14.5. The highest BCUT2D eigenvalue weighted by atomic mass is 79.9. The maximum atomic E-state index is 12.9. The monoisotopic (exact) mass is 428 g/mol. The maximum absolute atomic E-state index is 12.9. The predicted molar refractivity (Wildman–Crippen MR) is 101 cm³/mol. The van der Waals surface area contributed by atoms with E-state index in [4.69, 9.17) is 0 Å². The molecule has 2 fully saturated rings. The molecule has 1 aromatic rings. The minimum atomic E-state index is -3.54. The van der Waals surface area contributed by atoms with E-state index in [0.717, 1.165) is 36.8 Å². The highest BCUT2D eigenvalue weighted by molar-refractivity contribution is 9.10. The third-order valence-corrected chi connectivity index (χ3v) is 7.56. The molecular formula is C18H25BrN2O3S. The van der Waals surface area contributed by atoms with Crippen LogP contribution in [-0.2, 0) is 14.8 Å². The van der Waals surface area contributed by atoms with Crippen molar-refractivity contribution in [2.24, 2.45) is 11.8 Å². The third kappa shape index (κ3) is 4.26. The average molecular weight is 429 g/mol. The molecule has 0 aliphatic carbocycles. The summed E-state index contributed by atoms with van der Waals surface area (Å²) in [6.45, 7) is 4.55. The van der Waals surface area contributed by atoms with Crippen molar-refractivity contribution in [2.75, 3.05) is 26.2 Å². The van der Waals surface area contributed by atoms with Crippen molar-refractivity contribution in [1.82, 2.24) is 9.21 Å². The Balaban J connectivity index is 1.72. The molecule has 0 saturated carbocycles. The molecule has 2 heterocycles. The lowest BCUT2D eigenvalue weighted by Gasteiger charge is -2.37. The highest BCUT2D eigenvalue weighted by Gasteiger charge is 2.35. The lowest BCUT2D eigenvalue weighted by Crippen LogP contribution is -2.48. The van der Waals surface area contributed by atoms with Gasteiger partial charge in [0.15, 0.2) is 0 Å². The van der Waals surface area contributed by atoms with Gasteiger partial charge in [0.1, 0.15) is 0 Å². The summed E-state index contributed by atoms with van der Waals surface area (Å²) >= 11 is 3.33. The van der Waals surface area contributed by atoms with Crippen LogP contribution >= 0.6 is 15.9 Å². The second-order valence-corrected chi connectivity index (χ2v) is 10.0. The van der Waals surface area contributed by atoms with E-state index in [1.807, 2.05) is 4.90 Å². The third-order valence-electron chi connectivity index (χ3n) is 5.15. The first-order valence-electron chi connectivity index (χ1n) is 8.92. The van der Waals surface area contributed by atoms with Gasteiger partial charge in [0.2, 0.25) is 15.9 Å². The zero-order chi connectivity index (χ0) is 18.0. The number of nitrogens with zero attached hydrogens (tertiary/aromatic N) is 2. The smallest absolute Gasteiger partial charge is 0.243 e. The lowest BCUT2D eigenvalue weighted by atomic mass is 9.94. The summed E-state index contributed by atoms with van der Waals surface area (Å²) in [5, 5.41) is 0. The molecule has 2 saturated heterocycles. The van der Waals surface area contributed by atoms with Crippen molar-refractivity contribution >= 4 is 31.9 Å². The lowest BCUT2D eigenvalue weighted by molar-refractivity contribution is -0.138. The van der Waals surface area contributed by atoms with E-state index < -0.39 is 10.0 Å². The molecule has 1 amide bonds. The normalized spacial score (nSPS) is 25.8. The Morgan fingerprint density at radius 1 is 1.08 bits per heavy atom. The summed E-state index contributed by atoms with van der Waals surface area (Å²) in [5.41, 5.74) is 0. The van der Waals surface area contributed by atoms with Crippen LogP contribution in [0, 0.1) is 11.8 Å². The molecule has 1 aromatic carbocycles. The molecule has 0 N–H and O–H groups in total. The standard InChI is InChI=1S/C18H25BrN2O3S/c1-14-4-2-10-20(12-14)18(22)15-5-3-11-21(13-15)25(23,24)17-8-6-16(19)7-9-17/h6-9,14-15H,2-5,10-13H2,1H3. The number of piperidine rings is 2. The van der Waals surface area contributed by atoms with Gasteiger partial charge in [-0.15, -0.1) is 0 Å². The van der Waals surface area contributed by atoms with Crippen molar-refractivity contribution in [3.05, 3.63) is 28.7 Å². The van der Waals surface area contributed by atoms with Gasteiger partial charge < -0.3 is 4.90 Å². The van der Waals surface area contributed by atoms with Gasteiger partial charge in [-0.3, -0.25) is 4.79 Å². The molecule has 138 valence electrons. The van der Waals surface area contributed by atoms with Crippen molar-refractivity contribution in [3.8, 4) is 0 Å². The van der Waals surface area contributed by atoms with Gasteiger partial charge in [0, 0.05) is 30.7 Å². The van der Waals surface area contributed by atoms with E-state index in [-0.39, 0.29) is 16.7 Å². The molecule has 2 unspecified atom stereocenters. The van der Waals surface area contributed by atoms with E-state index in [1.165, 1.54) is 10.7 Å².